The highest BCUT2D eigenvalue weighted by atomic mass is 16.2. The summed E-state index contributed by atoms with van der Waals surface area (Å²) in [6.07, 6.45) is 2.93. The zero-order valence-corrected chi connectivity index (χ0v) is 15.0. The third kappa shape index (κ3) is 5.83. The lowest BCUT2D eigenvalue weighted by molar-refractivity contribution is -0.132. The summed E-state index contributed by atoms with van der Waals surface area (Å²) in [7, 11) is 2.08. The van der Waals surface area contributed by atoms with Crippen LogP contribution in [0.1, 0.15) is 18.4 Å². The largest absolute Gasteiger partial charge is 0.340 e. The van der Waals surface area contributed by atoms with Crippen molar-refractivity contribution in [2.75, 3.05) is 51.6 Å². The van der Waals surface area contributed by atoms with Gasteiger partial charge in [0.1, 0.15) is 0 Å². The van der Waals surface area contributed by atoms with E-state index in [0.29, 0.717) is 13.0 Å². The van der Waals surface area contributed by atoms with Crippen LogP contribution in [0.15, 0.2) is 24.3 Å². The number of hydrogen-bond donors (Lipinski definition) is 2. The van der Waals surface area contributed by atoms with Gasteiger partial charge in [-0.05, 0) is 50.0 Å². The van der Waals surface area contributed by atoms with Gasteiger partial charge in [-0.2, -0.15) is 0 Å². The number of hydrogen-bond acceptors (Lipinski definition) is 4. The van der Waals surface area contributed by atoms with Crippen LogP contribution in [-0.4, -0.2) is 67.9 Å². The summed E-state index contributed by atoms with van der Waals surface area (Å²) in [6.45, 7) is 4.69. The number of anilines is 1. The van der Waals surface area contributed by atoms with Crippen LogP contribution in [0.2, 0.25) is 0 Å². The molecule has 0 atom stereocenters. The second-order valence-electron chi connectivity index (χ2n) is 7.18. The fourth-order valence-corrected chi connectivity index (χ4v) is 3.02. The van der Waals surface area contributed by atoms with Crippen LogP contribution in [0.25, 0.3) is 0 Å². The van der Waals surface area contributed by atoms with E-state index in [1.165, 1.54) is 12.8 Å². The van der Waals surface area contributed by atoms with E-state index >= 15 is 0 Å². The van der Waals surface area contributed by atoms with Crippen molar-refractivity contribution in [3.63, 3.8) is 0 Å². The lowest BCUT2D eigenvalue weighted by Crippen LogP contribution is -2.47. The van der Waals surface area contributed by atoms with Gasteiger partial charge in [-0.3, -0.25) is 9.59 Å². The molecule has 0 unspecified atom stereocenters. The Morgan fingerprint density at radius 3 is 2.64 bits per heavy atom. The number of piperazine rings is 1. The number of carbonyl (C=O) groups is 2. The van der Waals surface area contributed by atoms with E-state index in [2.05, 4.69) is 22.6 Å². The summed E-state index contributed by atoms with van der Waals surface area (Å²) in [4.78, 5) is 28.6. The Morgan fingerprint density at radius 2 is 1.92 bits per heavy atom. The van der Waals surface area contributed by atoms with Crippen LogP contribution in [-0.2, 0) is 16.0 Å². The minimum Gasteiger partial charge on any atom is -0.340 e. The van der Waals surface area contributed by atoms with Crippen molar-refractivity contribution in [3.05, 3.63) is 29.8 Å². The van der Waals surface area contributed by atoms with E-state index in [1.807, 2.05) is 29.2 Å². The fourth-order valence-electron chi connectivity index (χ4n) is 3.02. The second-order valence-corrected chi connectivity index (χ2v) is 7.18. The van der Waals surface area contributed by atoms with Crippen LogP contribution >= 0.6 is 0 Å². The van der Waals surface area contributed by atoms with Gasteiger partial charge in [0.05, 0.1) is 13.0 Å². The van der Waals surface area contributed by atoms with E-state index in [4.69, 9.17) is 0 Å². The minimum absolute atomic E-state index is 0.0387. The van der Waals surface area contributed by atoms with Gasteiger partial charge in [-0.15, -0.1) is 0 Å². The Labute approximate surface area is 149 Å². The Morgan fingerprint density at radius 1 is 1.16 bits per heavy atom. The predicted molar refractivity (Wildman–Crippen MR) is 98.4 cm³/mol. The van der Waals surface area contributed by atoms with Gasteiger partial charge < -0.3 is 20.4 Å². The molecule has 136 valence electrons. The van der Waals surface area contributed by atoms with Crippen molar-refractivity contribution in [1.29, 1.82) is 0 Å². The van der Waals surface area contributed by atoms with Gasteiger partial charge in [0, 0.05) is 31.9 Å². The maximum atomic E-state index is 12.4. The predicted octanol–water partition coefficient (Wildman–Crippen LogP) is 0.941. The number of rotatable bonds is 7. The van der Waals surface area contributed by atoms with E-state index in [9.17, 15) is 9.59 Å². The molecule has 3 rings (SSSR count). The molecule has 6 nitrogen and oxygen atoms in total. The van der Waals surface area contributed by atoms with E-state index in [0.717, 1.165) is 49.9 Å². The zero-order valence-electron chi connectivity index (χ0n) is 15.0. The van der Waals surface area contributed by atoms with Gasteiger partial charge in [-0.25, -0.2) is 0 Å². The van der Waals surface area contributed by atoms with Crippen molar-refractivity contribution in [2.45, 2.75) is 19.3 Å². The second kappa shape index (κ2) is 8.45. The third-order valence-electron chi connectivity index (χ3n) is 4.84. The molecule has 1 aliphatic heterocycles. The number of nitrogens with zero attached hydrogens (tertiary/aromatic N) is 2. The van der Waals surface area contributed by atoms with E-state index in [-0.39, 0.29) is 11.8 Å². The molecule has 0 bridgehead atoms. The normalized spacial score (nSPS) is 18.2. The Kier molecular flexibility index (Phi) is 6.04. The monoisotopic (exact) mass is 344 g/mol. The first kappa shape index (κ1) is 17.9. The molecule has 2 aliphatic rings. The fraction of sp³-hybridized carbons (Fsp3) is 0.579. The molecule has 2 fully saturated rings. The Hall–Kier alpha value is -1.92. The van der Waals surface area contributed by atoms with Crippen LogP contribution in [0.3, 0.4) is 0 Å². The Balaban J connectivity index is 1.46. The maximum absolute atomic E-state index is 12.4. The molecule has 1 saturated heterocycles. The van der Waals surface area contributed by atoms with Gasteiger partial charge in [0.25, 0.3) is 0 Å². The molecule has 1 saturated carbocycles. The highest BCUT2D eigenvalue weighted by molar-refractivity contribution is 5.92. The van der Waals surface area contributed by atoms with E-state index < -0.39 is 0 Å². The first-order valence-electron chi connectivity index (χ1n) is 9.16. The number of likely N-dealkylation sites (N-methyl/N-ethyl adjacent to an activating group) is 1. The molecular formula is C19H28N4O2. The molecule has 0 radical (unpaired) electrons. The summed E-state index contributed by atoms with van der Waals surface area (Å²) in [5.74, 6) is 0.877. The highest BCUT2D eigenvalue weighted by Gasteiger charge is 2.21. The highest BCUT2D eigenvalue weighted by Crippen LogP contribution is 2.27. The van der Waals surface area contributed by atoms with Gasteiger partial charge >= 0.3 is 0 Å². The summed E-state index contributed by atoms with van der Waals surface area (Å²) in [5, 5.41) is 6.09. The minimum atomic E-state index is -0.0387. The van der Waals surface area contributed by atoms with Crippen molar-refractivity contribution in [2.24, 2.45) is 5.92 Å². The summed E-state index contributed by atoms with van der Waals surface area (Å²) in [5.41, 5.74) is 1.69. The van der Waals surface area contributed by atoms with Crippen molar-refractivity contribution >= 4 is 17.5 Å². The molecule has 1 aromatic rings. The topological polar surface area (TPSA) is 64.7 Å². The van der Waals surface area contributed by atoms with Gasteiger partial charge in [-0.1, -0.05) is 12.1 Å². The van der Waals surface area contributed by atoms with Crippen molar-refractivity contribution in [3.8, 4) is 0 Å². The number of amides is 2. The van der Waals surface area contributed by atoms with Crippen LogP contribution < -0.4 is 10.6 Å². The van der Waals surface area contributed by atoms with Gasteiger partial charge in [0.15, 0.2) is 0 Å². The molecule has 1 aromatic carbocycles. The molecule has 0 spiro atoms. The molecular weight excluding hydrogens is 316 g/mol. The lowest BCUT2D eigenvalue weighted by Gasteiger charge is -2.32. The Bertz CT molecular complexity index is 607. The van der Waals surface area contributed by atoms with Crippen LogP contribution in [0.5, 0.6) is 0 Å². The number of nitrogens with one attached hydrogen (secondary N) is 2. The van der Waals surface area contributed by atoms with Gasteiger partial charge in [0.2, 0.25) is 11.8 Å². The molecule has 2 amide bonds. The summed E-state index contributed by atoms with van der Waals surface area (Å²) in [6, 6.07) is 7.59. The average molecular weight is 344 g/mol. The quantitative estimate of drug-likeness (QED) is 0.773. The first-order valence-corrected chi connectivity index (χ1v) is 9.16. The van der Waals surface area contributed by atoms with Crippen LogP contribution in [0, 0.1) is 5.92 Å². The molecule has 6 heteroatoms. The maximum Gasteiger partial charge on any atom is 0.238 e. The van der Waals surface area contributed by atoms with Crippen LogP contribution in [0.4, 0.5) is 5.69 Å². The zero-order chi connectivity index (χ0) is 17.6. The standard InChI is InChI=1S/C19H28N4O2/c1-22-7-9-23(10-8-22)19(25)12-16-3-2-4-17(11-16)21-18(24)14-20-13-15-5-6-15/h2-4,11,15,20H,5-10,12-14H2,1H3,(H,21,24). The molecule has 2 N–H and O–H groups in total. The number of carbonyl (C=O) groups excluding carboxylic acids is 2. The number of benzene rings is 1. The smallest absolute Gasteiger partial charge is 0.238 e. The lowest BCUT2D eigenvalue weighted by atomic mass is 10.1. The summed E-state index contributed by atoms with van der Waals surface area (Å²) >= 11 is 0. The van der Waals surface area contributed by atoms with Crippen molar-refractivity contribution < 1.29 is 9.59 Å². The first-order chi connectivity index (χ1) is 12.1. The molecule has 1 aliphatic carbocycles. The molecule has 1 heterocycles. The average Bonchev–Trinajstić information content (AvgIpc) is 3.40. The SMILES string of the molecule is CN1CCN(C(=O)Cc2cccc(NC(=O)CNCC3CC3)c2)CC1. The van der Waals surface area contributed by atoms with E-state index in [1.54, 1.807) is 0 Å². The molecule has 0 aromatic heterocycles. The summed E-state index contributed by atoms with van der Waals surface area (Å²) < 4.78 is 0. The van der Waals surface area contributed by atoms with Crippen molar-refractivity contribution in [1.82, 2.24) is 15.1 Å². The third-order valence-corrected chi connectivity index (χ3v) is 4.84. The molecule has 25 heavy (non-hydrogen) atoms.